The summed E-state index contributed by atoms with van der Waals surface area (Å²) < 4.78 is 4.98. The molecular formula is C14H18N2O4. The lowest BCUT2D eigenvalue weighted by Crippen LogP contribution is -2.20. The van der Waals surface area contributed by atoms with Crippen molar-refractivity contribution in [3.05, 3.63) is 23.9 Å². The van der Waals surface area contributed by atoms with Gasteiger partial charge in [0.2, 0.25) is 0 Å². The van der Waals surface area contributed by atoms with Gasteiger partial charge >= 0.3 is 11.9 Å². The van der Waals surface area contributed by atoms with Crippen molar-refractivity contribution in [3.63, 3.8) is 0 Å². The zero-order valence-corrected chi connectivity index (χ0v) is 11.3. The van der Waals surface area contributed by atoms with Gasteiger partial charge in [0.25, 0.3) is 0 Å². The van der Waals surface area contributed by atoms with Crippen LogP contribution in [0.25, 0.3) is 0 Å². The molecular weight excluding hydrogens is 260 g/mol. The Morgan fingerprint density at radius 3 is 2.95 bits per heavy atom. The van der Waals surface area contributed by atoms with Gasteiger partial charge in [0.1, 0.15) is 11.4 Å². The molecule has 20 heavy (non-hydrogen) atoms. The van der Waals surface area contributed by atoms with Gasteiger partial charge in [0.15, 0.2) is 0 Å². The summed E-state index contributed by atoms with van der Waals surface area (Å²) in [5.41, 5.74) is 0.383. The third kappa shape index (κ3) is 3.26. The van der Waals surface area contributed by atoms with Gasteiger partial charge in [-0.05, 0) is 38.3 Å². The molecule has 0 amide bonds. The second kappa shape index (κ2) is 6.36. The second-order valence-corrected chi connectivity index (χ2v) is 4.81. The number of aliphatic carboxylic acids is 1. The second-order valence-electron chi connectivity index (χ2n) is 4.81. The minimum atomic E-state index is -0.763. The van der Waals surface area contributed by atoms with Crippen LogP contribution in [0.15, 0.2) is 18.3 Å². The maximum absolute atomic E-state index is 11.8. The van der Waals surface area contributed by atoms with Crippen molar-refractivity contribution in [2.24, 2.45) is 5.92 Å². The van der Waals surface area contributed by atoms with Crippen LogP contribution >= 0.6 is 0 Å². The average Bonchev–Trinajstić information content (AvgIpc) is 2.88. The van der Waals surface area contributed by atoms with Crippen molar-refractivity contribution in [3.8, 4) is 0 Å². The van der Waals surface area contributed by atoms with Crippen LogP contribution in [0, 0.1) is 5.92 Å². The smallest absolute Gasteiger partial charge is 0.341 e. The summed E-state index contributed by atoms with van der Waals surface area (Å²) in [6, 6.07) is 3.35. The van der Waals surface area contributed by atoms with E-state index in [9.17, 15) is 9.59 Å². The number of anilines is 1. The molecule has 2 rings (SSSR count). The fourth-order valence-electron chi connectivity index (χ4n) is 2.42. The van der Waals surface area contributed by atoms with Crippen LogP contribution in [0.4, 0.5) is 5.82 Å². The van der Waals surface area contributed by atoms with Gasteiger partial charge in [0.05, 0.1) is 12.5 Å². The van der Waals surface area contributed by atoms with Crippen LogP contribution in [0.3, 0.4) is 0 Å². The number of hydrogen-bond donors (Lipinski definition) is 2. The first-order valence-corrected chi connectivity index (χ1v) is 6.73. The van der Waals surface area contributed by atoms with Crippen molar-refractivity contribution in [1.82, 2.24) is 4.98 Å². The highest BCUT2D eigenvalue weighted by atomic mass is 16.5. The minimum Gasteiger partial charge on any atom is -0.481 e. The molecule has 1 aliphatic rings. The Morgan fingerprint density at radius 2 is 2.30 bits per heavy atom. The van der Waals surface area contributed by atoms with E-state index in [1.165, 1.54) is 0 Å². The maximum atomic E-state index is 11.8. The van der Waals surface area contributed by atoms with E-state index in [1.807, 2.05) is 0 Å². The molecule has 0 bridgehead atoms. The highest BCUT2D eigenvalue weighted by Gasteiger charge is 2.30. The highest BCUT2D eigenvalue weighted by molar-refractivity contribution is 5.94. The number of nitrogens with zero attached hydrogens (tertiary/aromatic N) is 1. The fourth-order valence-corrected chi connectivity index (χ4v) is 2.42. The molecule has 0 aliphatic heterocycles. The van der Waals surface area contributed by atoms with Crippen molar-refractivity contribution < 1.29 is 19.4 Å². The first-order valence-electron chi connectivity index (χ1n) is 6.73. The van der Waals surface area contributed by atoms with E-state index in [0.717, 1.165) is 6.42 Å². The van der Waals surface area contributed by atoms with E-state index in [-0.39, 0.29) is 12.0 Å². The molecule has 0 aromatic carbocycles. The summed E-state index contributed by atoms with van der Waals surface area (Å²) >= 11 is 0. The zero-order valence-electron chi connectivity index (χ0n) is 11.3. The number of carbonyl (C=O) groups is 2. The van der Waals surface area contributed by atoms with Gasteiger partial charge in [-0.1, -0.05) is 0 Å². The van der Waals surface area contributed by atoms with E-state index in [2.05, 4.69) is 10.3 Å². The van der Waals surface area contributed by atoms with Crippen LogP contribution in [-0.4, -0.2) is 34.7 Å². The summed E-state index contributed by atoms with van der Waals surface area (Å²) in [6.45, 7) is 2.05. The number of carboxylic acids is 1. The lowest BCUT2D eigenvalue weighted by atomic mass is 10.1. The lowest BCUT2D eigenvalue weighted by molar-refractivity contribution is -0.141. The number of carboxylic acid groups (broad SMARTS) is 1. The maximum Gasteiger partial charge on any atom is 0.341 e. The summed E-state index contributed by atoms with van der Waals surface area (Å²) in [7, 11) is 0. The zero-order chi connectivity index (χ0) is 14.5. The number of rotatable bonds is 5. The Hall–Kier alpha value is -2.11. The van der Waals surface area contributed by atoms with E-state index in [1.54, 1.807) is 25.3 Å². The molecule has 1 saturated carbocycles. The van der Waals surface area contributed by atoms with E-state index in [4.69, 9.17) is 9.84 Å². The SMILES string of the molecule is CCOC(=O)c1cccnc1N[C@H]1CC[C@@H](C(=O)O)C1. The number of esters is 1. The molecule has 1 aliphatic carbocycles. The minimum absolute atomic E-state index is 0.0270. The fraction of sp³-hybridized carbons (Fsp3) is 0.500. The molecule has 108 valence electrons. The van der Waals surface area contributed by atoms with Gasteiger partial charge in [-0.3, -0.25) is 4.79 Å². The molecule has 0 saturated heterocycles. The monoisotopic (exact) mass is 278 g/mol. The number of pyridine rings is 1. The van der Waals surface area contributed by atoms with Crippen LogP contribution < -0.4 is 5.32 Å². The number of hydrogen-bond acceptors (Lipinski definition) is 5. The van der Waals surface area contributed by atoms with E-state index >= 15 is 0 Å². The van der Waals surface area contributed by atoms with Crippen molar-refractivity contribution >= 4 is 17.8 Å². The molecule has 1 fully saturated rings. The van der Waals surface area contributed by atoms with Crippen LogP contribution in [-0.2, 0) is 9.53 Å². The quantitative estimate of drug-likeness (QED) is 0.800. The molecule has 2 atom stereocenters. The largest absolute Gasteiger partial charge is 0.481 e. The summed E-state index contributed by atoms with van der Waals surface area (Å²) in [4.78, 5) is 26.9. The van der Waals surface area contributed by atoms with Crippen LogP contribution in [0.5, 0.6) is 0 Å². The van der Waals surface area contributed by atoms with E-state index < -0.39 is 11.9 Å². The predicted molar refractivity (Wildman–Crippen MR) is 72.6 cm³/mol. The Labute approximate surface area is 117 Å². The summed E-state index contributed by atoms with van der Waals surface area (Å²) in [5.74, 6) is -1.04. The first kappa shape index (κ1) is 14.3. The van der Waals surface area contributed by atoms with Crippen LogP contribution in [0.1, 0.15) is 36.5 Å². The van der Waals surface area contributed by atoms with Gasteiger partial charge in [-0.2, -0.15) is 0 Å². The van der Waals surface area contributed by atoms with Crippen molar-refractivity contribution in [1.29, 1.82) is 0 Å². The van der Waals surface area contributed by atoms with Crippen LogP contribution in [0.2, 0.25) is 0 Å². The normalized spacial score (nSPS) is 21.4. The summed E-state index contributed by atoms with van der Waals surface area (Å²) in [5, 5.41) is 12.2. The Kier molecular flexibility index (Phi) is 4.55. The third-order valence-electron chi connectivity index (χ3n) is 3.43. The first-order chi connectivity index (χ1) is 9.61. The molecule has 0 spiro atoms. The molecule has 1 aromatic heterocycles. The Morgan fingerprint density at radius 1 is 1.50 bits per heavy atom. The van der Waals surface area contributed by atoms with Gasteiger partial charge < -0.3 is 15.2 Å². The molecule has 2 N–H and O–H groups in total. The third-order valence-corrected chi connectivity index (χ3v) is 3.43. The molecule has 6 heteroatoms. The lowest BCUT2D eigenvalue weighted by Gasteiger charge is -2.15. The van der Waals surface area contributed by atoms with Gasteiger partial charge in [-0.25, -0.2) is 9.78 Å². The Bertz CT molecular complexity index is 504. The molecule has 0 unspecified atom stereocenters. The molecule has 1 heterocycles. The van der Waals surface area contributed by atoms with Crippen molar-refractivity contribution in [2.45, 2.75) is 32.2 Å². The number of aromatic nitrogens is 1. The number of ether oxygens (including phenoxy) is 1. The Balaban J connectivity index is 2.06. The van der Waals surface area contributed by atoms with E-state index in [0.29, 0.717) is 30.8 Å². The predicted octanol–water partition coefficient (Wildman–Crippen LogP) is 1.92. The number of nitrogens with one attached hydrogen (secondary N) is 1. The van der Waals surface area contributed by atoms with Gasteiger partial charge in [-0.15, -0.1) is 0 Å². The highest BCUT2D eigenvalue weighted by Crippen LogP contribution is 2.28. The average molecular weight is 278 g/mol. The molecule has 6 nitrogen and oxygen atoms in total. The summed E-state index contributed by atoms with van der Waals surface area (Å²) in [6.07, 6.45) is 3.55. The number of carbonyl (C=O) groups excluding carboxylic acids is 1. The molecule has 0 radical (unpaired) electrons. The molecule has 1 aromatic rings. The topological polar surface area (TPSA) is 88.5 Å². The van der Waals surface area contributed by atoms with Crippen molar-refractivity contribution in [2.75, 3.05) is 11.9 Å². The van der Waals surface area contributed by atoms with Gasteiger partial charge in [0, 0.05) is 12.2 Å². The standard InChI is InChI=1S/C14H18N2O4/c1-2-20-14(19)11-4-3-7-15-12(11)16-10-6-5-9(8-10)13(17)18/h3-4,7,9-10H,2,5-6,8H2,1H3,(H,15,16)(H,17,18)/t9-,10+/m1/s1.